The zero-order valence-electron chi connectivity index (χ0n) is 9.20. The van der Waals surface area contributed by atoms with Crippen molar-refractivity contribution in [2.24, 2.45) is 5.73 Å². The Morgan fingerprint density at radius 2 is 2.22 bits per heavy atom. The van der Waals surface area contributed by atoms with Crippen molar-refractivity contribution in [2.75, 3.05) is 7.11 Å². The van der Waals surface area contributed by atoms with Gasteiger partial charge in [-0.2, -0.15) is 15.4 Å². The number of hydrogen-bond acceptors (Lipinski definition) is 4. The van der Waals surface area contributed by atoms with Gasteiger partial charge in [0.2, 0.25) is 0 Å². The van der Waals surface area contributed by atoms with Crippen molar-refractivity contribution in [1.82, 2.24) is 15.4 Å². The van der Waals surface area contributed by atoms with Gasteiger partial charge in [0.15, 0.2) is 17.3 Å². The number of nitrogens with zero attached hydrogens (tertiary/aromatic N) is 2. The number of hydrogen-bond donors (Lipinski definition) is 2. The number of amides is 1. The number of nitrogens with one attached hydrogen (secondary N) is 1. The summed E-state index contributed by atoms with van der Waals surface area (Å²) in [6.07, 6.45) is 0. The molecule has 0 bridgehead atoms. The molecule has 0 radical (unpaired) electrons. The molecule has 18 heavy (non-hydrogen) atoms. The van der Waals surface area contributed by atoms with E-state index in [4.69, 9.17) is 22.1 Å². The predicted molar refractivity (Wildman–Crippen MR) is 61.9 cm³/mol. The highest BCUT2D eigenvalue weighted by Crippen LogP contribution is 2.34. The molecule has 1 aromatic heterocycles. The normalized spacial score (nSPS) is 10.4. The second-order valence-electron chi connectivity index (χ2n) is 3.33. The van der Waals surface area contributed by atoms with Gasteiger partial charge in [-0.3, -0.25) is 4.79 Å². The Morgan fingerprint density at radius 1 is 1.50 bits per heavy atom. The monoisotopic (exact) mass is 270 g/mol. The summed E-state index contributed by atoms with van der Waals surface area (Å²) in [6.45, 7) is 0. The average Bonchev–Trinajstić information content (AvgIpc) is 2.78. The first-order chi connectivity index (χ1) is 8.56. The van der Waals surface area contributed by atoms with Crippen molar-refractivity contribution < 1.29 is 13.9 Å². The Kier molecular flexibility index (Phi) is 3.15. The molecule has 0 aliphatic rings. The maximum absolute atomic E-state index is 14.1. The minimum Gasteiger partial charge on any atom is -0.492 e. The van der Waals surface area contributed by atoms with Gasteiger partial charge in [-0.05, 0) is 12.1 Å². The van der Waals surface area contributed by atoms with E-state index in [9.17, 15) is 9.18 Å². The van der Waals surface area contributed by atoms with Gasteiger partial charge < -0.3 is 10.5 Å². The van der Waals surface area contributed by atoms with Gasteiger partial charge in [0.05, 0.1) is 12.1 Å². The Hall–Kier alpha value is -2.15. The first-order valence-electron chi connectivity index (χ1n) is 4.79. The number of ether oxygens (including phenoxy) is 1. The minimum atomic E-state index is -0.813. The number of rotatable bonds is 3. The molecular weight excluding hydrogens is 263 g/mol. The van der Waals surface area contributed by atoms with Gasteiger partial charge in [0.1, 0.15) is 5.69 Å². The van der Waals surface area contributed by atoms with Crippen molar-refractivity contribution in [1.29, 1.82) is 0 Å². The van der Waals surface area contributed by atoms with Crippen LogP contribution in [0, 0.1) is 5.82 Å². The van der Waals surface area contributed by atoms with Crippen LogP contribution < -0.4 is 10.5 Å². The van der Waals surface area contributed by atoms with Crippen molar-refractivity contribution in [3.05, 3.63) is 28.7 Å². The Balaban J connectivity index is 2.65. The van der Waals surface area contributed by atoms with Crippen LogP contribution >= 0.6 is 11.6 Å². The highest BCUT2D eigenvalue weighted by Gasteiger charge is 2.21. The quantitative estimate of drug-likeness (QED) is 0.881. The molecule has 0 saturated heterocycles. The number of aromatic nitrogens is 3. The smallest absolute Gasteiger partial charge is 0.271 e. The lowest BCUT2D eigenvalue weighted by Crippen LogP contribution is -2.13. The lowest BCUT2D eigenvalue weighted by molar-refractivity contribution is 0.0996. The van der Waals surface area contributed by atoms with Crippen LogP contribution in [0.15, 0.2) is 12.1 Å². The second-order valence-corrected chi connectivity index (χ2v) is 3.73. The van der Waals surface area contributed by atoms with Crippen LogP contribution in [-0.2, 0) is 0 Å². The van der Waals surface area contributed by atoms with Crippen LogP contribution in [0.4, 0.5) is 4.39 Å². The second kappa shape index (κ2) is 4.61. The molecule has 0 unspecified atom stereocenters. The molecule has 94 valence electrons. The highest BCUT2D eigenvalue weighted by atomic mass is 35.5. The first-order valence-corrected chi connectivity index (χ1v) is 5.17. The molecular formula is C10H8ClFN4O2. The molecule has 8 heteroatoms. The molecule has 0 spiro atoms. The molecule has 2 rings (SSSR count). The molecule has 1 aromatic carbocycles. The van der Waals surface area contributed by atoms with E-state index in [-0.39, 0.29) is 27.7 Å². The van der Waals surface area contributed by atoms with E-state index in [1.165, 1.54) is 19.2 Å². The highest BCUT2D eigenvalue weighted by molar-refractivity contribution is 6.32. The molecule has 0 saturated carbocycles. The van der Waals surface area contributed by atoms with E-state index in [0.717, 1.165) is 0 Å². The molecule has 0 atom stereocenters. The number of H-pyrrole nitrogens is 1. The Bertz CT molecular complexity index is 614. The summed E-state index contributed by atoms with van der Waals surface area (Å²) in [5.74, 6) is -1.68. The molecule has 0 aliphatic heterocycles. The largest absolute Gasteiger partial charge is 0.492 e. The van der Waals surface area contributed by atoms with E-state index < -0.39 is 11.7 Å². The Labute approximate surface area is 106 Å². The number of primary amides is 1. The van der Waals surface area contributed by atoms with Crippen molar-refractivity contribution in [3.63, 3.8) is 0 Å². The average molecular weight is 271 g/mol. The molecule has 1 amide bonds. The summed E-state index contributed by atoms with van der Waals surface area (Å²) >= 11 is 5.76. The predicted octanol–water partition coefficient (Wildman–Crippen LogP) is 1.37. The van der Waals surface area contributed by atoms with E-state index in [1.54, 1.807) is 0 Å². The van der Waals surface area contributed by atoms with Gasteiger partial charge in [0.25, 0.3) is 5.91 Å². The van der Waals surface area contributed by atoms with Crippen LogP contribution in [0.25, 0.3) is 11.3 Å². The standard InChI is InChI=1S/C10H8ClFN4O2/c1-18-9-5(11)3-2-4(6(9)12)7-8(10(13)17)15-16-14-7/h2-3H,1H3,(H2,13,17)(H,14,15,16). The maximum atomic E-state index is 14.1. The van der Waals surface area contributed by atoms with Crippen LogP contribution in [-0.4, -0.2) is 28.4 Å². The number of halogens is 2. The van der Waals surface area contributed by atoms with E-state index in [0.29, 0.717) is 0 Å². The SMILES string of the molecule is COc1c(Cl)ccc(-c2n[nH]nc2C(N)=O)c1F. The lowest BCUT2D eigenvalue weighted by Gasteiger charge is -2.07. The van der Waals surface area contributed by atoms with Gasteiger partial charge in [-0.1, -0.05) is 11.6 Å². The number of methoxy groups -OCH3 is 1. The molecule has 6 nitrogen and oxygen atoms in total. The third kappa shape index (κ3) is 1.88. The van der Waals surface area contributed by atoms with Crippen LogP contribution in [0.1, 0.15) is 10.5 Å². The number of benzene rings is 1. The van der Waals surface area contributed by atoms with Crippen LogP contribution in [0.3, 0.4) is 0 Å². The van der Waals surface area contributed by atoms with Gasteiger partial charge in [-0.15, -0.1) is 0 Å². The fraction of sp³-hybridized carbons (Fsp3) is 0.100. The third-order valence-corrected chi connectivity index (χ3v) is 2.59. The van der Waals surface area contributed by atoms with Gasteiger partial charge in [-0.25, -0.2) is 4.39 Å². The van der Waals surface area contributed by atoms with Crippen molar-refractivity contribution >= 4 is 17.5 Å². The van der Waals surface area contributed by atoms with Crippen LogP contribution in [0.5, 0.6) is 5.75 Å². The zero-order valence-corrected chi connectivity index (χ0v) is 9.95. The molecule has 0 aliphatic carbocycles. The molecule has 1 heterocycles. The molecule has 3 N–H and O–H groups in total. The summed E-state index contributed by atoms with van der Waals surface area (Å²) in [7, 11) is 1.28. The number of carbonyl (C=O) groups excluding carboxylic acids is 1. The van der Waals surface area contributed by atoms with Crippen molar-refractivity contribution in [2.45, 2.75) is 0 Å². The zero-order chi connectivity index (χ0) is 13.3. The van der Waals surface area contributed by atoms with E-state index in [1.807, 2.05) is 0 Å². The summed E-state index contributed by atoms with van der Waals surface area (Å²) < 4.78 is 18.9. The summed E-state index contributed by atoms with van der Waals surface area (Å²) in [6, 6.07) is 2.79. The molecule has 0 fully saturated rings. The molecule has 2 aromatic rings. The summed E-state index contributed by atoms with van der Waals surface area (Å²) in [5, 5.41) is 9.59. The van der Waals surface area contributed by atoms with Gasteiger partial charge in [0, 0.05) is 5.56 Å². The lowest BCUT2D eigenvalue weighted by atomic mass is 10.1. The number of carbonyl (C=O) groups is 1. The number of nitrogens with two attached hydrogens (primary N) is 1. The Morgan fingerprint density at radius 3 is 2.83 bits per heavy atom. The van der Waals surface area contributed by atoms with E-state index >= 15 is 0 Å². The topological polar surface area (TPSA) is 93.9 Å². The van der Waals surface area contributed by atoms with E-state index in [2.05, 4.69) is 15.4 Å². The third-order valence-electron chi connectivity index (χ3n) is 2.29. The fourth-order valence-electron chi connectivity index (χ4n) is 1.49. The maximum Gasteiger partial charge on any atom is 0.271 e. The fourth-order valence-corrected chi connectivity index (χ4v) is 1.72. The first kappa shape index (κ1) is 12.3. The summed E-state index contributed by atoms with van der Waals surface area (Å²) in [4.78, 5) is 11.1. The minimum absolute atomic E-state index is 0.00923. The number of aromatic amines is 1. The van der Waals surface area contributed by atoms with Crippen LogP contribution in [0.2, 0.25) is 5.02 Å². The van der Waals surface area contributed by atoms with Gasteiger partial charge >= 0.3 is 0 Å². The summed E-state index contributed by atoms with van der Waals surface area (Å²) in [5.41, 5.74) is 4.99. The van der Waals surface area contributed by atoms with Crippen molar-refractivity contribution in [3.8, 4) is 17.0 Å².